The normalized spacial score (nSPS) is 19.1. The molecule has 1 heterocycles. The van der Waals surface area contributed by atoms with Gasteiger partial charge in [-0.15, -0.1) is 0 Å². The van der Waals surface area contributed by atoms with Crippen LogP contribution in [0.5, 0.6) is 0 Å². The molecule has 1 atom stereocenters. The second-order valence-electron chi connectivity index (χ2n) is 9.27. The summed E-state index contributed by atoms with van der Waals surface area (Å²) in [5.74, 6) is -1.09. The van der Waals surface area contributed by atoms with Crippen molar-refractivity contribution in [3.05, 3.63) is 35.4 Å². The fourth-order valence-corrected chi connectivity index (χ4v) is 4.83. The fraction of sp³-hybridized carbons (Fsp3) is 0.625. The number of piperidine rings is 1. The number of carboxylic acid groups (broad SMARTS) is 1. The van der Waals surface area contributed by atoms with Crippen molar-refractivity contribution in [2.24, 2.45) is 5.41 Å². The van der Waals surface area contributed by atoms with E-state index in [-0.39, 0.29) is 24.7 Å². The zero-order valence-corrected chi connectivity index (χ0v) is 18.2. The lowest BCUT2D eigenvalue weighted by atomic mass is 9.77. The van der Waals surface area contributed by atoms with Crippen LogP contribution in [0.4, 0.5) is 0 Å². The van der Waals surface area contributed by atoms with E-state index < -0.39 is 12.0 Å². The van der Waals surface area contributed by atoms with E-state index in [1.54, 1.807) is 12.1 Å². The second kappa shape index (κ2) is 9.63. The smallest absolute Gasteiger partial charge is 0.303 e. The Morgan fingerprint density at radius 1 is 1.03 bits per heavy atom. The lowest BCUT2D eigenvalue weighted by molar-refractivity contribution is -0.138. The summed E-state index contributed by atoms with van der Waals surface area (Å²) >= 11 is 0. The molecule has 1 saturated heterocycles. The molecule has 0 aromatic heterocycles. The number of benzene rings is 1. The van der Waals surface area contributed by atoms with E-state index in [9.17, 15) is 14.4 Å². The molecule has 1 aromatic rings. The van der Waals surface area contributed by atoms with Gasteiger partial charge in [0.25, 0.3) is 5.91 Å². The maximum atomic E-state index is 13.1. The Bertz CT molecular complexity index is 756. The summed E-state index contributed by atoms with van der Waals surface area (Å²) in [6, 6.07) is 6.54. The van der Waals surface area contributed by atoms with Crippen molar-refractivity contribution in [2.75, 3.05) is 13.1 Å². The predicted molar refractivity (Wildman–Crippen MR) is 115 cm³/mol. The molecule has 1 aliphatic heterocycles. The third-order valence-electron chi connectivity index (χ3n) is 6.89. The van der Waals surface area contributed by atoms with E-state index in [0.717, 1.165) is 18.4 Å². The Labute approximate surface area is 179 Å². The number of amides is 2. The van der Waals surface area contributed by atoms with Crippen LogP contribution in [0.15, 0.2) is 24.3 Å². The number of carbonyl (C=O) groups is 3. The molecular formula is C24H34N2O4. The number of carbonyl (C=O) groups excluding carboxylic acids is 2. The van der Waals surface area contributed by atoms with Crippen LogP contribution in [-0.4, -0.2) is 46.9 Å². The van der Waals surface area contributed by atoms with Gasteiger partial charge in [-0.25, -0.2) is 0 Å². The van der Waals surface area contributed by atoms with Gasteiger partial charge in [-0.2, -0.15) is 0 Å². The van der Waals surface area contributed by atoms with E-state index in [2.05, 4.69) is 19.2 Å². The van der Waals surface area contributed by atoms with E-state index in [4.69, 9.17) is 5.11 Å². The van der Waals surface area contributed by atoms with Crippen molar-refractivity contribution in [2.45, 2.75) is 77.2 Å². The molecule has 2 N–H and O–H groups in total. The van der Waals surface area contributed by atoms with Crippen LogP contribution in [0.3, 0.4) is 0 Å². The van der Waals surface area contributed by atoms with Crippen LogP contribution in [0, 0.1) is 5.41 Å². The molecule has 164 valence electrons. The average molecular weight is 415 g/mol. The molecule has 0 radical (unpaired) electrons. The van der Waals surface area contributed by atoms with Gasteiger partial charge in [0.1, 0.15) is 6.04 Å². The molecule has 2 amide bonds. The summed E-state index contributed by atoms with van der Waals surface area (Å²) in [6.45, 7) is 5.57. The molecule has 6 heteroatoms. The van der Waals surface area contributed by atoms with Crippen molar-refractivity contribution >= 4 is 17.8 Å². The molecule has 1 saturated carbocycles. The number of nitrogens with zero attached hydrogens (tertiary/aromatic N) is 1. The number of hydrogen-bond donors (Lipinski definition) is 2. The molecule has 1 aromatic carbocycles. The molecule has 3 rings (SSSR count). The van der Waals surface area contributed by atoms with Gasteiger partial charge in [-0.05, 0) is 61.1 Å². The molecule has 6 nitrogen and oxygen atoms in total. The van der Waals surface area contributed by atoms with Gasteiger partial charge < -0.3 is 15.3 Å². The summed E-state index contributed by atoms with van der Waals surface area (Å²) < 4.78 is 0. The van der Waals surface area contributed by atoms with Crippen molar-refractivity contribution in [3.8, 4) is 0 Å². The van der Waals surface area contributed by atoms with Crippen LogP contribution in [0.25, 0.3) is 0 Å². The second-order valence-corrected chi connectivity index (χ2v) is 9.27. The van der Waals surface area contributed by atoms with Crippen molar-refractivity contribution in [3.63, 3.8) is 0 Å². The first kappa shape index (κ1) is 22.3. The highest BCUT2D eigenvalue weighted by Crippen LogP contribution is 2.46. The SMILES string of the molecule is CC(C)c1ccc(C(=O)N[C@H](CCC(=O)O)C(=O)N2CCC3(CCCC3)CC2)cc1. The van der Waals surface area contributed by atoms with Crippen LogP contribution >= 0.6 is 0 Å². The highest BCUT2D eigenvalue weighted by atomic mass is 16.4. The van der Waals surface area contributed by atoms with Gasteiger partial charge in [-0.3, -0.25) is 14.4 Å². The lowest BCUT2D eigenvalue weighted by Gasteiger charge is -2.40. The monoisotopic (exact) mass is 414 g/mol. The zero-order valence-electron chi connectivity index (χ0n) is 18.2. The largest absolute Gasteiger partial charge is 0.481 e. The minimum absolute atomic E-state index is 0.103. The maximum Gasteiger partial charge on any atom is 0.303 e. The summed E-state index contributed by atoms with van der Waals surface area (Å²) in [5.41, 5.74) is 2.02. The highest BCUT2D eigenvalue weighted by Gasteiger charge is 2.39. The van der Waals surface area contributed by atoms with Gasteiger partial charge in [-0.1, -0.05) is 38.8 Å². The van der Waals surface area contributed by atoms with Gasteiger partial charge in [0.2, 0.25) is 5.91 Å². The summed E-state index contributed by atoms with van der Waals surface area (Å²) in [6.07, 6.45) is 7.03. The number of likely N-dealkylation sites (tertiary alicyclic amines) is 1. The Morgan fingerprint density at radius 2 is 1.63 bits per heavy atom. The van der Waals surface area contributed by atoms with Crippen molar-refractivity contribution in [1.82, 2.24) is 10.2 Å². The van der Waals surface area contributed by atoms with Crippen LogP contribution in [0.1, 0.15) is 87.1 Å². The molecule has 2 aliphatic rings. The Hall–Kier alpha value is -2.37. The lowest BCUT2D eigenvalue weighted by Crippen LogP contribution is -2.52. The third kappa shape index (κ3) is 5.41. The van der Waals surface area contributed by atoms with E-state index in [1.807, 2.05) is 17.0 Å². The van der Waals surface area contributed by atoms with Gasteiger partial charge in [0.05, 0.1) is 0 Å². The summed E-state index contributed by atoms with van der Waals surface area (Å²) in [7, 11) is 0. The number of hydrogen-bond acceptors (Lipinski definition) is 3. The Morgan fingerprint density at radius 3 is 2.17 bits per heavy atom. The molecule has 30 heavy (non-hydrogen) atoms. The van der Waals surface area contributed by atoms with E-state index >= 15 is 0 Å². The first-order chi connectivity index (χ1) is 14.3. The van der Waals surface area contributed by atoms with Crippen molar-refractivity contribution in [1.29, 1.82) is 0 Å². The van der Waals surface area contributed by atoms with E-state index in [1.165, 1.54) is 25.7 Å². The van der Waals surface area contributed by atoms with Crippen molar-refractivity contribution < 1.29 is 19.5 Å². The first-order valence-electron chi connectivity index (χ1n) is 11.2. The standard InChI is InChI=1S/C24H34N2O4/c1-17(2)18-5-7-19(8-6-18)22(29)25-20(9-10-21(27)28)23(30)26-15-13-24(14-16-26)11-3-4-12-24/h5-8,17,20H,3-4,9-16H2,1-2H3,(H,25,29)(H,27,28)/t20-/m1/s1. The first-order valence-corrected chi connectivity index (χ1v) is 11.2. The van der Waals surface area contributed by atoms with Gasteiger partial charge in [0, 0.05) is 25.1 Å². The quantitative estimate of drug-likeness (QED) is 0.707. The Kier molecular flexibility index (Phi) is 7.16. The van der Waals surface area contributed by atoms with E-state index in [0.29, 0.717) is 30.0 Å². The molecule has 0 unspecified atom stereocenters. The fourth-order valence-electron chi connectivity index (χ4n) is 4.83. The van der Waals surface area contributed by atoms with Crippen LogP contribution < -0.4 is 5.32 Å². The number of aliphatic carboxylic acids is 1. The minimum Gasteiger partial charge on any atom is -0.481 e. The summed E-state index contributed by atoms with van der Waals surface area (Å²) in [5, 5.41) is 11.9. The van der Waals surface area contributed by atoms with Crippen LogP contribution in [0.2, 0.25) is 0 Å². The molecule has 1 aliphatic carbocycles. The topological polar surface area (TPSA) is 86.7 Å². The maximum absolute atomic E-state index is 13.1. The number of carboxylic acids is 1. The van der Waals surface area contributed by atoms with Crippen LogP contribution in [-0.2, 0) is 9.59 Å². The number of nitrogens with one attached hydrogen (secondary N) is 1. The Balaban J connectivity index is 1.65. The predicted octanol–water partition coefficient (Wildman–Crippen LogP) is 3.96. The minimum atomic E-state index is -0.966. The average Bonchev–Trinajstić information content (AvgIpc) is 3.18. The van der Waals surface area contributed by atoms with Gasteiger partial charge >= 0.3 is 5.97 Å². The highest BCUT2D eigenvalue weighted by molar-refractivity contribution is 5.97. The molecule has 1 spiro atoms. The zero-order chi connectivity index (χ0) is 21.7. The number of rotatable bonds is 7. The molecule has 2 fully saturated rings. The molecular weight excluding hydrogens is 380 g/mol. The summed E-state index contributed by atoms with van der Waals surface area (Å²) in [4.78, 5) is 38.8. The molecule has 0 bridgehead atoms. The van der Waals surface area contributed by atoms with Gasteiger partial charge in [0.15, 0.2) is 0 Å². The third-order valence-corrected chi connectivity index (χ3v) is 6.89.